The highest BCUT2D eigenvalue weighted by atomic mass is 19.1. The van der Waals surface area contributed by atoms with Gasteiger partial charge in [0.1, 0.15) is 6.67 Å². The Bertz CT molecular complexity index is 755. The standard InChI is InChI=1S/C18H16FNO3/c19-10-12-1-3-13(4-2-12)17(21)20-8-7-14-9-15(18(22)23)5-6-16(14)11-20/h1-6,9H,7-8,10-11H2,(H,22,23). The molecule has 0 aliphatic carbocycles. The molecule has 0 aromatic heterocycles. The molecule has 1 amide bonds. The molecule has 0 fully saturated rings. The molecule has 0 spiro atoms. The van der Waals surface area contributed by atoms with Crippen LogP contribution in [-0.4, -0.2) is 28.4 Å². The summed E-state index contributed by atoms with van der Waals surface area (Å²) in [6.07, 6.45) is 0.630. The number of hydrogen-bond acceptors (Lipinski definition) is 2. The minimum atomic E-state index is -0.945. The van der Waals surface area contributed by atoms with Crippen LogP contribution in [0.3, 0.4) is 0 Å². The van der Waals surface area contributed by atoms with Gasteiger partial charge < -0.3 is 10.0 Å². The average Bonchev–Trinajstić information content (AvgIpc) is 2.60. The lowest BCUT2D eigenvalue weighted by atomic mass is 9.96. The molecular formula is C18H16FNO3. The van der Waals surface area contributed by atoms with Crippen molar-refractivity contribution in [3.05, 3.63) is 70.3 Å². The van der Waals surface area contributed by atoms with Crippen molar-refractivity contribution in [3.8, 4) is 0 Å². The number of fused-ring (bicyclic) bond motifs is 1. The molecule has 0 bridgehead atoms. The third-order valence-electron chi connectivity index (χ3n) is 4.11. The second-order valence-electron chi connectivity index (χ2n) is 5.60. The van der Waals surface area contributed by atoms with Gasteiger partial charge in [0.25, 0.3) is 5.91 Å². The molecule has 1 aliphatic rings. The molecule has 2 aromatic rings. The van der Waals surface area contributed by atoms with Gasteiger partial charge in [0.2, 0.25) is 0 Å². The van der Waals surface area contributed by atoms with Crippen molar-refractivity contribution in [3.63, 3.8) is 0 Å². The monoisotopic (exact) mass is 313 g/mol. The van der Waals surface area contributed by atoms with E-state index in [0.29, 0.717) is 30.6 Å². The van der Waals surface area contributed by atoms with Crippen LogP contribution in [0.5, 0.6) is 0 Å². The van der Waals surface area contributed by atoms with Crippen molar-refractivity contribution >= 4 is 11.9 Å². The molecule has 1 heterocycles. The largest absolute Gasteiger partial charge is 0.478 e. The second kappa shape index (κ2) is 6.20. The number of alkyl halides is 1. The Labute approximate surface area is 133 Å². The van der Waals surface area contributed by atoms with Crippen molar-refractivity contribution in [2.24, 2.45) is 0 Å². The quantitative estimate of drug-likeness (QED) is 0.947. The fraction of sp³-hybridized carbons (Fsp3) is 0.222. The number of hydrogen-bond donors (Lipinski definition) is 1. The maximum absolute atomic E-state index is 12.5. The van der Waals surface area contributed by atoms with Gasteiger partial charge in [-0.2, -0.15) is 0 Å². The first kappa shape index (κ1) is 15.2. The molecule has 23 heavy (non-hydrogen) atoms. The molecule has 118 valence electrons. The highest BCUT2D eigenvalue weighted by molar-refractivity contribution is 5.94. The van der Waals surface area contributed by atoms with Crippen molar-refractivity contribution in [1.82, 2.24) is 4.90 Å². The third kappa shape index (κ3) is 3.08. The molecule has 0 saturated carbocycles. The van der Waals surface area contributed by atoms with Gasteiger partial charge in [0.15, 0.2) is 0 Å². The van der Waals surface area contributed by atoms with Crippen LogP contribution in [-0.2, 0) is 19.6 Å². The lowest BCUT2D eigenvalue weighted by molar-refractivity contribution is 0.0692. The van der Waals surface area contributed by atoms with Gasteiger partial charge in [0.05, 0.1) is 5.56 Å². The van der Waals surface area contributed by atoms with E-state index < -0.39 is 12.6 Å². The molecule has 2 aromatic carbocycles. The lowest BCUT2D eigenvalue weighted by Gasteiger charge is -2.29. The maximum atomic E-state index is 12.5. The summed E-state index contributed by atoms with van der Waals surface area (Å²) in [5, 5.41) is 9.03. The van der Waals surface area contributed by atoms with E-state index in [-0.39, 0.29) is 11.5 Å². The Morgan fingerprint density at radius 2 is 1.74 bits per heavy atom. The van der Waals surface area contributed by atoms with Crippen molar-refractivity contribution < 1.29 is 19.1 Å². The van der Waals surface area contributed by atoms with E-state index in [2.05, 4.69) is 0 Å². The number of carbonyl (C=O) groups excluding carboxylic acids is 1. The van der Waals surface area contributed by atoms with E-state index in [4.69, 9.17) is 5.11 Å². The van der Waals surface area contributed by atoms with Gasteiger partial charge in [-0.15, -0.1) is 0 Å². The Morgan fingerprint density at radius 3 is 2.39 bits per heavy atom. The first-order valence-electron chi connectivity index (χ1n) is 7.38. The zero-order valence-electron chi connectivity index (χ0n) is 12.5. The molecule has 5 heteroatoms. The van der Waals surface area contributed by atoms with Crippen LogP contribution in [0.25, 0.3) is 0 Å². The average molecular weight is 313 g/mol. The Balaban J connectivity index is 1.78. The zero-order chi connectivity index (χ0) is 16.4. The molecular weight excluding hydrogens is 297 g/mol. The fourth-order valence-corrected chi connectivity index (χ4v) is 2.78. The predicted molar refractivity (Wildman–Crippen MR) is 83.1 cm³/mol. The lowest BCUT2D eigenvalue weighted by Crippen LogP contribution is -2.36. The van der Waals surface area contributed by atoms with E-state index in [1.165, 1.54) is 0 Å². The summed E-state index contributed by atoms with van der Waals surface area (Å²) in [5.74, 6) is -1.04. The number of amides is 1. The van der Waals surface area contributed by atoms with E-state index in [9.17, 15) is 14.0 Å². The first-order valence-corrected chi connectivity index (χ1v) is 7.38. The second-order valence-corrected chi connectivity index (χ2v) is 5.60. The van der Waals surface area contributed by atoms with Crippen molar-refractivity contribution in [1.29, 1.82) is 0 Å². The first-order chi connectivity index (χ1) is 11.1. The van der Waals surface area contributed by atoms with E-state index in [0.717, 1.165) is 11.1 Å². The van der Waals surface area contributed by atoms with Crippen molar-refractivity contribution in [2.45, 2.75) is 19.6 Å². The molecule has 1 aliphatic heterocycles. The van der Waals surface area contributed by atoms with E-state index >= 15 is 0 Å². The van der Waals surface area contributed by atoms with Crippen LogP contribution in [0.15, 0.2) is 42.5 Å². The van der Waals surface area contributed by atoms with Crippen LogP contribution in [0.2, 0.25) is 0 Å². The molecule has 1 N–H and O–H groups in total. The summed E-state index contributed by atoms with van der Waals surface area (Å²) in [6.45, 7) is 0.455. The zero-order valence-corrected chi connectivity index (χ0v) is 12.5. The summed E-state index contributed by atoms with van der Waals surface area (Å²) in [7, 11) is 0. The van der Waals surface area contributed by atoms with E-state index in [1.54, 1.807) is 47.4 Å². The number of halogens is 1. The minimum Gasteiger partial charge on any atom is -0.478 e. The number of nitrogens with zero attached hydrogens (tertiary/aromatic N) is 1. The molecule has 0 saturated heterocycles. The number of carboxylic acids is 1. The molecule has 0 unspecified atom stereocenters. The van der Waals surface area contributed by atoms with Crippen LogP contribution in [0.1, 0.15) is 37.4 Å². The smallest absolute Gasteiger partial charge is 0.335 e. The molecule has 0 radical (unpaired) electrons. The Hall–Kier alpha value is -2.69. The molecule has 4 nitrogen and oxygen atoms in total. The Kier molecular flexibility index (Phi) is 4.10. The third-order valence-corrected chi connectivity index (χ3v) is 4.11. The van der Waals surface area contributed by atoms with Gasteiger partial charge in [-0.1, -0.05) is 18.2 Å². The summed E-state index contributed by atoms with van der Waals surface area (Å²) in [4.78, 5) is 25.3. The van der Waals surface area contributed by atoms with Gasteiger partial charge in [-0.05, 0) is 47.4 Å². The van der Waals surface area contributed by atoms with E-state index in [1.807, 2.05) is 0 Å². The molecule has 3 rings (SSSR count). The van der Waals surface area contributed by atoms with Gasteiger partial charge >= 0.3 is 5.97 Å². The van der Waals surface area contributed by atoms with Crippen molar-refractivity contribution in [2.75, 3.05) is 6.54 Å². The highest BCUT2D eigenvalue weighted by Crippen LogP contribution is 2.22. The van der Waals surface area contributed by atoms with Crippen LogP contribution >= 0.6 is 0 Å². The van der Waals surface area contributed by atoms with Gasteiger partial charge in [-0.25, -0.2) is 9.18 Å². The van der Waals surface area contributed by atoms with Crippen LogP contribution < -0.4 is 0 Å². The van der Waals surface area contributed by atoms with Gasteiger partial charge in [-0.3, -0.25) is 4.79 Å². The summed E-state index contributed by atoms with van der Waals surface area (Å²) < 4.78 is 12.5. The van der Waals surface area contributed by atoms with Crippen LogP contribution in [0, 0.1) is 0 Å². The SMILES string of the molecule is O=C(O)c1ccc2c(c1)CCN(C(=O)c1ccc(CF)cc1)C2. The van der Waals surface area contributed by atoms with Crippen LogP contribution in [0.4, 0.5) is 4.39 Å². The van der Waals surface area contributed by atoms with Gasteiger partial charge in [0, 0.05) is 18.7 Å². The number of rotatable bonds is 3. The fourth-order valence-electron chi connectivity index (χ4n) is 2.78. The number of carbonyl (C=O) groups is 2. The number of benzene rings is 2. The predicted octanol–water partition coefficient (Wildman–Crippen LogP) is 3.05. The summed E-state index contributed by atoms with van der Waals surface area (Å²) in [5.41, 5.74) is 3.29. The molecule has 0 atom stereocenters. The summed E-state index contributed by atoms with van der Waals surface area (Å²) in [6, 6.07) is 11.5. The summed E-state index contributed by atoms with van der Waals surface area (Å²) >= 11 is 0. The highest BCUT2D eigenvalue weighted by Gasteiger charge is 2.22. The topological polar surface area (TPSA) is 57.6 Å². The minimum absolute atomic E-state index is 0.0941. The normalized spacial score (nSPS) is 13.5. The number of carboxylic acid groups (broad SMARTS) is 1. The maximum Gasteiger partial charge on any atom is 0.335 e. The Morgan fingerprint density at radius 1 is 1.04 bits per heavy atom. The number of aromatic carboxylic acids is 1.